The van der Waals surface area contributed by atoms with E-state index in [4.69, 9.17) is 10.5 Å². The van der Waals surface area contributed by atoms with Crippen LogP contribution < -0.4 is 0 Å². The second-order valence-electron chi connectivity index (χ2n) is 2.00. The van der Waals surface area contributed by atoms with Crippen molar-refractivity contribution in [1.29, 1.82) is 5.39 Å². The monoisotopic (exact) mass is 147 g/mol. The van der Waals surface area contributed by atoms with Crippen molar-refractivity contribution >= 4 is 5.76 Å². The highest BCUT2D eigenvalue weighted by Gasteiger charge is 2.00. The van der Waals surface area contributed by atoms with Gasteiger partial charge in [0.05, 0.1) is 0 Å². The molecule has 0 aromatic heterocycles. The summed E-state index contributed by atoms with van der Waals surface area (Å²) in [6.45, 7) is 0. The number of rotatable bonds is 1. The van der Waals surface area contributed by atoms with Gasteiger partial charge in [-0.3, -0.25) is 0 Å². The van der Waals surface area contributed by atoms with Gasteiger partial charge in [-0.1, -0.05) is 30.3 Å². The molecule has 0 spiro atoms. The van der Waals surface area contributed by atoms with E-state index in [0.29, 0.717) is 5.56 Å². The van der Waals surface area contributed by atoms with Crippen molar-refractivity contribution in [3.8, 4) is 0 Å². The summed E-state index contributed by atoms with van der Waals surface area (Å²) in [4.78, 5) is 2.70. The van der Waals surface area contributed by atoms with Crippen molar-refractivity contribution in [3.63, 3.8) is 0 Å². The summed E-state index contributed by atoms with van der Waals surface area (Å²) in [5.41, 5.74) is 0.630. The zero-order valence-corrected chi connectivity index (χ0v) is 5.81. The molecular weight excluding hydrogens is 140 g/mol. The molecule has 0 unspecified atom stereocenters. The van der Waals surface area contributed by atoms with E-state index in [1.807, 2.05) is 6.07 Å². The molecule has 3 nitrogen and oxygen atoms in total. The Morgan fingerprint density at radius 2 is 2.00 bits per heavy atom. The van der Waals surface area contributed by atoms with Crippen molar-refractivity contribution in [1.82, 2.24) is 0 Å². The summed E-state index contributed by atoms with van der Waals surface area (Å²) in [7, 11) is 0. The van der Waals surface area contributed by atoms with Crippen LogP contribution in [0.5, 0.6) is 0 Å². The maximum absolute atomic E-state index is 9.13. The van der Waals surface area contributed by atoms with Crippen LogP contribution in [-0.2, 0) is 0 Å². The first-order chi connectivity index (χ1) is 5.34. The molecule has 0 atom stereocenters. The van der Waals surface area contributed by atoms with Crippen LogP contribution in [-0.4, -0.2) is 5.11 Å². The van der Waals surface area contributed by atoms with E-state index in [0.717, 1.165) is 6.20 Å². The summed E-state index contributed by atoms with van der Waals surface area (Å²) in [5.74, 6) is -0.0481. The third-order valence-corrected chi connectivity index (χ3v) is 1.25. The highest BCUT2D eigenvalue weighted by atomic mass is 16.3. The number of aliphatic hydroxyl groups is 1. The smallest absolute Gasteiger partial charge is 0.392 e. The molecule has 1 N–H and O–H groups in total. The molecule has 0 saturated heterocycles. The molecule has 54 valence electrons. The highest BCUT2D eigenvalue weighted by molar-refractivity contribution is 5.58. The van der Waals surface area contributed by atoms with E-state index < -0.39 is 0 Å². The van der Waals surface area contributed by atoms with Gasteiger partial charge in [-0.2, -0.15) is 0 Å². The average molecular weight is 147 g/mol. The largest absolute Gasteiger partial charge is 0.501 e. The number of benzene rings is 1. The topological polar surface area (TPSA) is 48.4 Å². The van der Waals surface area contributed by atoms with Crippen LogP contribution in [0.4, 0.5) is 0 Å². The quantitative estimate of drug-likeness (QED) is 0.489. The van der Waals surface area contributed by atoms with Gasteiger partial charge in [0.15, 0.2) is 4.98 Å². The Hall–Kier alpha value is -1.82. The minimum atomic E-state index is -0.0481. The maximum atomic E-state index is 9.13. The summed E-state index contributed by atoms with van der Waals surface area (Å²) in [5, 5.41) is 17.2. The van der Waals surface area contributed by atoms with Crippen LogP contribution in [0.2, 0.25) is 0 Å². The first kappa shape index (κ1) is 7.29. The first-order valence-electron chi connectivity index (χ1n) is 3.13. The number of nitrogens with zero attached hydrogens (tertiary/aromatic N) is 2. The minimum Gasteiger partial charge on any atom is -0.501 e. The summed E-state index contributed by atoms with van der Waals surface area (Å²) < 4.78 is 0. The Labute approximate surface area is 64.2 Å². The second-order valence-corrected chi connectivity index (χ2v) is 2.00. The third kappa shape index (κ3) is 1.80. The van der Waals surface area contributed by atoms with Crippen LogP contribution in [0.3, 0.4) is 0 Å². The number of aliphatic hydroxyl groups excluding tert-OH is 1. The van der Waals surface area contributed by atoms with Crippen molar-refractivity contribution in [3.05, 3.63) is 47.1 Å². The van der Waals surface area contributed by atoms with E-state index in [2.05, 4.69) is 4.98 Å². The summed E-state index contributed by atoms with van der Waals surface area (Å²) in [6, 6.07) is 8.86. The van der Waals surface area contributed by atoms with Crippen LogP contribution in [0.1, 0.15) is 5.56 Å². The predicted octanol–water partition coefficient (Wildman–Crippen LogP) is 2.40. The Morgan fingerprint density at radius 3 is 2.55 bits per heavy atom. The van der Waals surface area contributed by atoms with Gasteiger partial charge in [0.25, 0.3) is 0 Å². The molecule has 0 amide bonds. The van der Waals surface area contributed by atoms with E-state index in [9.17, 15) is 0 Å². The lowest BCUT2D eigenvalue weighted by Crippen LogP contribution is -1.78. The van der Waals surface area contributed by atoms with Gasteiger partial charge in [-0.05, 0) is 0 Å². The summed E-state index contributed by atoms with van der Waals surface area (Å²) >= 11 is 0. The fourth-order valence-corrected chi connectivity index (χ4v) is 0.738. The number of diazo groups is 1. The lowest BCUT2D eigenvalue weighted by atomic mass is 10.2. The zero-order chi connectivity index (χ0) is 8.10. The molecule has 0 aliphatic rings. The molecule has 0 aliphatic carbocycles. The van der Waals surface area contributed by atoms with Crippen LogP contribution in [0, 0.1) is 5.39 Å². The van der Waals surface area contributed by atoms with Gasteiger partial charge < -0.3 is 5.11 Å². The predicted molar refractivity (Wildman–Crippen MR) is 42.1 cm³/mol. The summed E-state index contributed by atoms with van der Waals surface area (Å²) in [6.07, 6.45) is 0.981. The fraction of sp³-hybridized carbons (Fsp3) is 0. The molecule has 0 bridgehead atoms. The van der Waals surface area contributed by atoms with E-state index in [1.54, 1.807) is 24.3 Å². The molecule has 3 heteroatoms. The van der Waals surface area contributed by atoms with E-state index in [-0.39, 0.29) is 5.76 Å². The Bertz CT molecular complexity index is 298. The SMILES string of the molecule is N#[N+]/C=C(\O)c1ccccc1. The van der Waals surface area contributed by atoms with Crippen LogP contribution in [0.15, 0.2) is 36.5 Å². The first-order valence-corrected chi connectivity index (χ1v) is 3.13. The fourth-order valence-electron chi connectivity index (χ4n) is 0.738. The Kier molecular flexibility index (Phi) is 2.24. The second kappa shape index (κ2) is 3.37. The van der Waals surface area contributed by atoms with Crippen molar-refractivity contribution < 1.29 is 5.11 Å². The number of hydrogen-bond donors (Lipinski definition) is 1. The normalized spacial score (nSPS) is 10.6. The lowest BCUT2D eigenvalue weighted by Gasteiger charge is -1.91. The Morgan fingerprint density at radius 1 is 1.36 bits per heavy atom. The molecule has 0 fully saturated rings. The van der Waals surface area contributed by atoms with Gasteiger partial charge in [0.1, 0.15) is 0 Å². The molecule has 11 heavy (non-hydrogen) atoms. The molecule has 1 rings (SSSR count). The van der Waals surface area contributed by atoms with Gasteiger partial charge >= 0.3 is 6.20 Å². The molecule has 0 heterocycles. The molecule has 0 aliphatic heterocycles. The Balaban J connectivity index is 2.96. The van der Waals surface area contributed by atoms with Gasteiger partial charge in [0.2, 0.25) is 11.2 Å². The molecular formula is C8H7N2O+. The van der Waals surface area contributed by atoms with Gasteiger partial charge in [-0.15, -0.1) is 0 Å². The van der Waals surface area contributed by atoms with Crippen molar-refractivity contribution in [2.24, 2.45) is 0 Å². The van der Waals surface area contributed by atoms with E-state index >= 15 is 0 Å². The van der Waals surface area contributed by atoms with Crippen LogP contribution in [0.25, 0.3) is 10.7 Å². The third-order valence-electron chi connectivity index (χ3n) is 1.25. The molecule has 0 saturated carbocycles. The number of hydrogen-bond acceptors (Lipinski definition) is 2. The van der Waals surface area contributed by atoms with Crippen molar-refractivity contribution in [2.45, 2.75) is 0 Å². The van der Waals surface area contributed by atoms with Crippen molar-refractivity contribution in [2.75, 3.05) is 0 Å². The minimum absolute atomic E-state index is 0.0481. The van der Waals surface area contributed by atoms with Gasteiger partial charge in [0, 0.05) is 5.56 Å². The maximum Gasteiger partial charge on any atom is 0.392 e. The molecule has 1 aromatic carbocycles. The zero-order valence-electron chi connectivity index (χ0n) is 5.81. The van der Waals surface area contributed by atoms with E-state index in [1.165, 1.54) is 0 Å². The van der Waals surface area contributed by atoms with Crippen LogP contribution >= 0.6 is 0 Å². The lowest BCUT2D eigenvalue weighted by molar-refractivity contribution is 0.511. The molecule has 0 radical (unpaired) electrons. The average Bonchev–Trinajstić information content (AvgIpc) is 2.07. The molecule has 1 aromatic rings. The highest BCUT2D eigenvalue weighted by Crippen LogP contribution is 2.09. The van der Waals surface area contributed by atoms with Gasteiger partial charge in [-0.25, -0.2) is 0 Å². The standard InChI is InChI=1S/C8H6N2O/c9-10-6-8(11)7-4-2-1-3-5-7/h1-6H/p+1/b8-6-.